The summed E-state index contributed by atoms with van der Waals surface area (Å²) in [5, 5.41) is 2.99. The quantitative estimate of drug-likeness (QED) is 0.919. The molecule has 1 fully saturated rings. The van der Waals surface area contributed by atoms with Crippen molar-refractivity contribution in [1.82, 2.24) is 5.32 Å². The summed E-state index contributed by atoms with van der Waals surface area (Å²) in [4.78, 5) is 14.5. The molecule has 24 heavy (non-hydrogen) atoms. The van der Waals surface area contributed by atoms with Gasteiger partial charge in [-0.1, -0.05) is 35.9 Å². The molecule has 1 aliphatic heterocycles. The number of aryl methyl sites for hydroxylation is 1. The lowest BCUT2D eigenvalue weighted by Crippen LogP contribution is -2.43. The van der Waals surface area contributed by atoms with Gasteiger partial charge in [-0.25, -0.2) is 0 Å². The number of hydrogen-bond acceptors (Lipinski definition) is 3. The minimum absolute atomic E-state index is 0.0191. The minimum atomic E-state index is -0.0191. The summed E-state index contributed by atoms with van der Waals surface area (Å²) in [6.07, 6.45) is 0.970. The van der Waals surface area contributed by atoms with Crippen LogP contribution in [0.25, 0.3) is 0 Å². The largest absolute Gasteiger partial charge is 0.374 e. The number of morpholine rings is 1. The first-order valence-electron chi connectivity index (χ1n) is 8.49. The second-order valence-electron chi connectivity index (χ2n) is 6.19. The van der Waals surface area contributed by atoms with Crippen LogP contribution in [0.3, 0.4) is 0 Å². The van der Waals surface area contributed by atoms with Crippen molar-refractivity contribution < 1.29 is 9.53 Å². The molecule has 1 heterocycles. The van der Waals surface area contributed by atoms with Crippen LogP contribution in [0, 0.1) is 6.92 Å². The molecule has 1 amide bonds. The highest BCUT2D eigenvalue weighted by Crippen LogP contribution is 2.18. The molecule has 2 aromatic carbocycles. The van der Waals surface area contributed by atoms with Gasteiger partial charge in [-0.05, 0) is 37.6 Å². The highest BCUT2D eigenvalue weighted by atomic mass is 16.5. The van der Waals surface area contributed by atoms with Gasteiger partial charge in [0.25, 0.3) is 5.91 Å². The zero-order valence-electron chi connectivity index (χ0n) is 14.1. The summed E-state index contributed by atoms with van der Waals surface area (Å²) in [5.74, 6) is -0.0191. The Morgan fingerprint density at radius 1 is 1.21 bits per heavy atom. The van der Waals surface area contributed by atoms with Crippen molar-refractivity contribution >= 4 is 11.6 Å². The molecule has 4 heteroatoms. The number of carbonyl (C=O) groups is 1. The number of benzene rings is 2. The molecule has 4 nitrogen and oxygen atoms in total. The number of rotatable bonds is 5. The van der Waals surface area contributed by atoms with Gasteiger partial charge in [0.2, 0.25) is 0 Å². The van der Waals surface area contributed by atoms with Crippen LogP contribution in [0.15, 0.2) is 54.6 Å². The van der Waals surface area contributed by atoms with Crippen LogP contribution < -0.4 is 10.2 Å². The Morgan fingerprint density at radius 2 is 2.04 bits per heavy atom. The fourth-order valence-corrected chi connectivity index (χ4v) is 3.00. The van der Waals surface area contributed by atoms with Crippen molar-refractivity contribution in [2.75, 3.05) is 31.1 Å². The molecule has 1 unspecified atom stereocenters. The summed E-state index contributed by atoms with van der Waals surface area (Å²) in [5.41, 5.74) is 3.04. The molecule has 1 atom stereocenters. The summed E-state index contributed by atoms with van der Waals surface area (Å²) in [6, 6.07) is 18.0. The van der Waals surface area contributed by atoms with E-state index in [9.17, 15) is 4.79 Å². The van der Waals surface area contributed by atoms with Gasteiger partial charge in [-0.2, -0.15) is 0 Å². The molecule has 1 N–H and O–H groups in total. The van der Waals surface area contributed by atoms with Crippen LogP contribution >= 0.6 is 0 Å². The summed E-state index contributed by atoms with van der Waals surface area (Å²) in [6.45, 7) is 5.12. The van der Waals surface area contributed by atoms with Gasteiger partial charge in [-0.3, -0.25) is 4.79 Å². The van der Waals surface area contributed by atoms with Gasteiger partial charge in [0.05, 0.1) is 12.7 Å². The average molecular weight is 324 g/mol. The second kappa shape index (κ2) is 7.97. The third-order valence-corrected chi connectivity index (χ3v) is 4.29. The number of anilines is 1. The van der Waals surface area contributed by atoms with Gasteiger partial charge < -0.3 is 15.0 Å². The summed E-state index contributed by atoms with van der Waals surface area (Å²) < 4.78 is 5.84. The summed E-state index contributed by atoms with van der Waals surface area (Å²) >= 11 is 0. The lowest BCUT2D eigenvalue weighted by Gasteiger charge is -2.34. The van der Waals surface area contributed by atoms with E-state index in [0.717, 1.165) is 31.7 Å². The Labute approximate surface area is 143 Å². The number of nitrogens with one attached hydrogen (secondary N) is 1. The molecule has 0 saturated carbocycles. The minimum Gasteiger partial charge on any atom is -0.374 e. The molecule has 1 saturated heterocycles. The first kappa shape index (κ1) is 16.5. The van der Waals surface area contributed by atoms with Crippen molar-refractivity contribution in [1.29, 1.82) is 0 Å². The van der Waals surface area contributed by atoms with E-state index in [-0.39, 0.29) is 12.0 Å². The molecule has 0 spiro atoms. The molecule has 2 aromatic rings. The maximum Gasteiger partial charge on any atom is 0.251 e. The molecule has 0 radical (unpaired) electrons. The van der Waals surface area contributed by atoms with E-state index in [1.54, 1.807) is 0 Å². The number of para-hydroxylation sites is 1. The fourth-order valence-electron chi connectivity index (χ4n) is 3.00. The SMILES string of the molecule is Cc1cccc(C(=O)NCCC2CN(c3ccccc3)CCO2)c1. The average Bonchev–Trinajstić information content (AvgIpc) is 2.63. The molecular weight excluding hydrogens is 300 g/mol. The monoisotopic (exact) mass is 324 g/mol. The normalized spacial score (nSPS) is 17.5. The van der Waals surface area contributed by atoms with Gasteiger partial charge in [0.1, 0.15) is 0 Å². The number of ether oxygens (including phenoxy) is 1. The highest BCUT2D eigenvalue weighted by molar-refractivity contribution is 5.94. The van der Waals surface area contributed by atoms with Crippen LogP contribution in [-0.4, -0.2) is 38.3 Å². The molecule has 0 aromatic heterocycles. The maximum absolute atomic E-state index is 12.2. The van der Waals surface area contributed by atoms with E-state index in [1.807, 2.05) is 37.3 Å². The Morgan fingerprint density at radius 3 is 2.83 bits per heavy atom. The van der Waals surface area contributed by atoms with Crippen LogP contribution in [-0.2, 0) is 4.74 Å². The number of hydrogen-bond donors (Lipinski definition) is 1. The zero-order chi connectivity index (χ0) is 16.8. The first-order chi connectivity index (χ1) is 11.7. The van der Waals surface area contributed by atoms with Crippen LogP contribution in [0.4, 0.5) is 5.69 Å². The fraction of sp³-hybridized carbons (Fsp3) is 0.350. The van der Waals surface area contributed by atoms with Gasteiger partial charge >= 0.3 is 0 Å². The van der Waals surface area contributed by atoms with E-state index in [4.69, 9.17) is 4.74 Å². The van der Waals surface area contributed by atoms with E-state index in [2.05, 4.69) is 34.5 Å². The predicted octanol–water partition coefficient (Wildman–Crippen LogP) is 3.02. The topological polar surface area (TPSA) is 41.6 Å². The Kier molecular flexibility index (Phi) is 5.49. The van der Waals surface area contributed by atoms with Crippen molar-refractivity contribution in [3.63, 3.8) is 0 Å². The Bertz CT molecular complexity index is 672. The van der Waals surface area contributed by atoms with E-state index < -0.39 is 0 Å². The lowest BCUT2D eigenvalue weighted by molar-refractivity contribution is 0.0354. The van der Waals surface area contributed by atoms with E-state index in [0.29, 0.717) is 12.1 Å². The van der Waals surface area contributed by atoms with Crippen molar-refractivity contribution in [2.24, 2.45) is 0 Å². The van der Waals surface area contributed by atoms with Crippen LogP contribution in [0.5, 0.6) is 0 Å². The summed E-state index contributed by atoms with van der Waals surface area (Å²) in [7, 11) is 0. The molecule has 1 aliphatic rings. The van der Waals surface area contributed by atoms with Gasteiger partial charge in [0.15, 0.2) is 0 Å². The molecule has 3 rings (SSSR count). The smallest absolute Gasteiger partial charge is 0.251 e. The predicted molar refractivity (Wildman–Crippen MR) is 96.5 cm³/mol. The van der Waals surface area contributed by atoms with Crippen molar-refractivity contribution in [3.8, 4) is 0 Å². The Balaban J connectivity index is 1.47. The standard InChI is InChI=1S/C20H24N2O2/c1-16-6-5-7-17(14-16)20(23)21-11-10-19-15-22(12-13-24-19)18-8-3-2-4-9-18/h2-9,14,19H,10-13,15H2,1H3,(H,21,23). The van der Waals surface area contributed by atoms with Crippen LogP contribution in [0.2, 0.25) is 0 Å². The number of nitrogens with zero attached hydrogens (tertiary/aromatic N) is 1. The van der Waals surface area contributed by atoms with Crippen molar-refractivity contribution in [3.05, 3.63) is 65.7 Å². The highest BCUT2D eigenvalue weighted by Gasteiger charge is 2.20. The number of carbonyl (C=O) groups excluding carboxylic acids is 1. The number of amides is 1. The third kappa shape index (κ3) is 4.36. The van der Waals surface area contributed by atoms with Gasteiger partial charge in [0, 0.05) is 30.9 Å². The third-order valence-electron chi connectivity index (χ3n) is 4.29. The second-order valence-corrected chi connectivity index (χ2v) is 6.19. The van der Waals surface area contributed by atoms with Crippen molar-refractivity contribution in [2.45, 2.75) is 19.4 Å². The van der Waals surface area contributed by atoms with E-state index in [1.165, 1.54) is 5.69 Å². The zero-order valence-corrected chi connectivity index (χ0v) is 14.1. The van der Waals surface area contributed by atoms with Crippen LogP contribution in [0.1, 0.15) is 22.3 Å². The molecular formula is C20H24N2O2. The molecule has 126 valence electrons. The molecule has 0 bridgehead atoms. The Hall–Kier alpha value is -2.33. The molecule has 0 aliphatic carbocycles. The van der Waals surface area contributed by atoms with E-state index >= 15 is 0 Å². The first-order valence-corrected chi connectivity index (χ1v) is 8.49. The van der Waals surface area contributed by atoms with Gasteiger partial charge in [-0.15, -0.1) is 0 Å². The maximum atomic E-state index is 12.2. The lowest BCUT2D eigenvalue weighted by atomic mass is 10.1.